The van der Waals surface area contributed by atoms with Crippen molar-refractivity contribution in [2.45, 2.75) is 47.0 Å². The van der Waals surface area contributed by atoms with Crippen LogP contribution in [0, 0.1) is 5.41 Å². The Labute approximate surface area is 118 Å². The Hall–Kier alpha value is -0.810. The Morgan fingerprint density at radius 2 is 1.95 bits per heavy atom. The minimum absolute atomic E-state index is 0.228. The summed E-state index contributed by atoms with van der Waals surface area (Å²) in [6.07, 6.45) is 3.16. The normalized spacial score (nSPS) is 13.2. The third-order valence-corrected chi connectivity index (χ3v) is 3.55. The monoisotopic (exact) mass is 272 g/mol. The summed E-state index contributed by atoms with van der Waals surface area (Å²) in [6.45, 7) is 13.8. The van der Waals surface area contributed by atoms with Gasteiger partial charge in [0.1, 0.15) is 5.84 Å². The van der Waals surface area contributed by atoms with Gasteiger partial charge >= 0.3 is 0 Å². The van der Waals surface area contributed by atoms with Crippen molar-refractivity contribution in [3.8, 4) is 0 Å². The number of hydrogen-bond acceptors (Lipinski definition) is 4. The molecule has 0 aliphatic carbocycles. The van der Waals surface area contributed by atoms with E-state index < -0.39 is 0 Å². The predicted molar refractivity (Wildman–Crippen MR) is 81.7 cm³/mol. The van der Waals surface area contributed by atoms with Gasteiger partial charge < -0.3 is 21.2 Å². The number of nitrogens with zero attached hydrogens (tertiary/aromatic N) is 2. The molecule has 0 atom stereocenters. The zero-order chi connectivity index (χ0) is 14.7. The van der Waals surface area contributed by atoms with Gasteiger partial charge in [-0.25, -0.2) is 0 Å². The second kappa shape index (κ2) is 10.0. The number of rotatable bonds is 11. The highest BCUT2D eigenvalue weighted by molar-refractivity contribution is 5.85. The first-order valence-electron chi connectivity index (χ1n) is 7.39. The van der Waals surface area contributed by atoms with Crippen LogP contribution in [0.2, 0.25) is 0 Å². The molecule has 0 heterocycles. The van der Waals surface area contributed by atoms with Gasteiger partial charge in [0.05, 0.1) is 0 Å². The first kappa shape index (κ1) is 18.2. The van der Waals surface area contributed by atoms with Crippen LogP contribution >= 0.6 is 0 Å². The Balaban J connectivity index is 3.65. The molecular formula is C14H32N4O. The van der Waals surface area contributed by atoms with Gasteiger partial charge in [-0.3, -0.25) is 0 Å². The molecule has 5 heteroatoms. The van der Waals surface area contributed by atoms with Crippen LogP contribution in [0.25, 0.3) is 0 Å². The second-order valence-electron chi connectivity index (χ2n) is 5.66. The van der Waals surface area contributed by atoms with E-state index in [9.17, 15) is 0 Å². The molecule has 0 spiro atoms. The summed E-state index contributed by atoms with van der Waals surface area (Å²) in [5, 5.41) is 15.2. The van der Waals surface area contributed by atoms with Crippen LogP contribution in [0.4, 0.5) is 0 Å². The highest BCUT2D eigenvalue weighted by Gasteiger charge is 2.22. The third-order valence-electron chi connectivity index (χ3n) is 3.55. The SMILES string of the molecule is CCCN(CC)CCNCCCC(C)(C)C(N)=NO. The third kappa shape index (κ3) is 8.06. The van der Waals surface area contributed by atoms with Gasteiger partial charge in [-0.1, -0.05) is 32.9 Å². The molecule has 0 aliphatic heterocycles. The van der Waals surface area contributed by atoms with Crippen molar-refractivity contribution in [2.75, 3.05) is 32.7 Å². The van der Waals surface area contributed by atoms with Crippen LogP contribution < -0.4 is 11.1 Å². The van der Waals surface area contributed by atoms with Gasteiger partial charge in [-0.15, -0.1) is 0 Å². The van der Waals surface area contributed by atoms with Gasteiger partial charge in [0.2, 0.25) is 0 Å². The predicted octanol–water partition coefficient (Wildman–Crippen LogP) is 1.86. The molecule has 0 amide bonds. The fourth-order valence-corrected chi connectivity index (χ4v) is 2.03. The lowest BCUT2D eigenvalue weighted by atomic mass is 9.86. The first-order valence-corrected chi connectivity index (χ1v) is 7.39. The van der Waals surface area contributed by atoms with E-state index in [1.165, 1.54) is 13.0 Å². The van der Waals surface area contributed by atoms with E-state index in [1.54, 1.807) is 0 Å². The smallest absolute Gasteiger partial charge is 0.144 e. The number of oxime groups is 1. The van der Waals surface area contributed by atoms with Crippen molar-refractivity contribution >= 4 is 5.84 Å². The van der Waals surface area contributed by atoms with Crippen LogP contribution in [0.1, 0.15) is 47.0 Å². The fourth-order valence-electron chi connectivity index (χ4n) is 2.03. The summed E-state index contributed by atoms with van der Waals surface area (Å²) in [5.74, 6) is 0.313. The summed E-state index contributed by atoms with van der Waals surface area (Å²) in [5.41, 5.74) is 5.43. The van der Waals surface area contributed by atoms with E-state index in [-0.39, 0.29) is 5.41 Å². The number of amidine groups is 1. The van der Waals surface area contributed by atoms with E-state index in [1.807, 2.05) is 13.8 Å². The molecule has 5 nitrogen and oxygen atoms in total. The summed E-state index contributed by atoms with van der Waals surface area (Å²) in [6, 6.07) is 0. The van der Waals surface area contributed by atoms with Crippen LogP contribution in [-0.4, -0.2) is 48.7 Å². The number of hydrogen-bond donors (Lipinski definition) is 3. The van der Waals surface area contributed by atoms with Gasteiger partial charge in [0.25, 0.3) is 0 Å². The van der Waals surface area contributed by atoms with Crippen LogP contribution in [-0.2, 0) is 0 Å². The maximum Gasteiger partial charge on any atom is 0.144 e. The Morgan fingerprint density at radius 1 is 1.26 bits per heavy atom. The van der Waals surface area contributed by atoms with Crippen molar-refractivity contribution in [3.63, 3.8) is 0 Å². The summed E-state index contributed by atoms with van der Waals surface area (Å²) >= 11 is 0. The Bertz CT molecular complexity index is 254. The van der Waals surface area contributed by atoms with Crippen molar-refractivity contribution < 1.29 is 5.21 Å². The zero-order valence-corrected chi connectivity index (χ0v) is 13.1. The van der Waals surface area contributed by atoms with Crippen molar-refractivity contribution in [1.82, 2.24) is 10.2 Å². The molecule has 19 heavy (non-hydrogen) atoms. The average molecular weight is 272 g/mol. The highest BCUT2D eigenvalue weighted by Crippen LogP contribution is 2.21. The van der Waals surface area contributed by atoms with Gasteiger partial charge in [0.15, 0.2) is 0 Å². The van der Waals surface area contributed by atoms with Gasteiger partial charge in [0, 0.05) is 18.5 Å². The molecule has 0 saturated heterocycles. The molecule has 0 unspecified atom stereocenters. The zero-order valence-electron chi connectivity index (χ0n) is 13.1. The van der Waals surface area contributed by atoms with Crippen molar-refractivity contribution in [2.24, 2.45) is 16.3 Å². The minimum atomic E-state index is -0.228. The summed E-state index contributed by atoms with van der Waals surface area (Å²) < 4.78 is 0. The molecule has 0 radical (unpaired) electrons. The largest absolute Gasteiger partial charge is 0.409 e. The molecule has 4 N–H and O–H groups in total. The Morgan fingerprint density at radius 3 is 2.47 bits per heavy atom. The van der Waals surface area contributed by atoms with Gasteiger partial charge in [-0.05, 0) is 38.9 Å². The van der Waals surface area contributed by atoms with Crippen LogP contribution in [0.5, 0.6) is 0 Å². The van der Waals surface area contributed by atoms with E-state index >= 15 is 0 Å². The maximum atomic E-state index is 8.69. The molecule has 0 aromatic heterocycles. The lowest BCUT2D eigenvalue weighted by molar-refractivity contribution is 0.286. The van der Waals surface area contributed by atoms with Crippen LogP contribution in [0.15, 0.2) is 5.16 Å². The molecule has 0 saturated carbocycles. The van der Waals surface area contributed by atoms with Crippen molar-refractivity contribution in [3.05, 3.63) is 0 Å². The summed E-state index contributed by atoms with van der Waals surface area (Å²) in [4.78, 5) is 2.45. The number of nitrogens with one attached hydrogen (secondary N) is 1. The molecule has 0 aromatic carbocycles. The molecular weight excluding hydrogens is 240 g/mol. The van der Waals surface area contributed by atoms with E-state index in [4.69, 9.17) is 10.9 Å². The molecule has 0 rings (SSSR count). The first-order chi connectivity index (χ1) is 8.97. The molecule has 0 aromatic rings. The van der Waals surface area contributed by atoms with E-state index in [0.717, 1.165) is 39.0 Å². The molecule has 114 valence electrons. The molecule has 0 aliphatic rings. The summed E-state index contributed by atoms with van der Waals surface area (Å²) in [7, 11) is 0. The van der Waals surface area contributed by atoms with Gasteiger partial charge in [-0.2, -0.15) is 0 Å². The van der Waals surface area contributed by atoms with Crippen LogP contribution in [0.3, 0.4) is 0 Å². The maximum absolute atomic E-state index is 8.69. The minimum Gasteiger partial charge on any atom is -0.409 e. The van der Waals surface area contributed by atoms with E-state index in [0.29, 0.717) is 5.84 Å². The molecule has 0 bridgehead atoms. The van der Waals surface area contributed by atoms with E-state index in [2.05, 4.69) is 29.2 Å². The highest BCUT2D eigenvalue weighted by atomic mass is 16.4. The van der Waals surface area contributed by atoms with Crippen molar-refractivity contribution in [1.29, 1.82) is 0 Å². The molecule has 0 fully saturated rings. The average Bonchev–Trinajstić information content (AvgIpc) is 2.40. The lowest BCUT2D eigenvalue weighted by Gasteiger charge is -2.23. The topological polar surface area (TPSA) is 73.9 Å². The number of nitrogens with two attached hydrogens (primary N) is 1. The lowest BCUT2D eigenvalue weighted by Crippen LogP contribution is -2.34. The quantitative estimate of drug-likeness (QED) is 0.176. The standard InChI is InChI=1S/C14H32N4O/c1-5-11-18(6-2)12-10-16-9-7-8-14(3,4)13(15)17-19/h16,19H,5-12H2,1-4H3,(H2,15,17). The number of likely N-dealkylation sites (N-methyl/N-ethyl adjacent to an activating group) is 1. The second-order valence-corrected chi connectivity index (χ2v) is 5.66. The Kier molecular flexibility index (Phi) is 9.61. The fraction of sp³-hybridized carbons (Fsp3) is 0.929.